The molecular weight excluding hydrogens is 308 g/mol. The Morgan fingerprint density at radius 2 is 2.14 bits per heavy atom. The first kappa shape index (κ1) is 18.3. The third kappa shape index (κ3) is 5.50. The number of nitrogens with one attached hydrogen (secondary N) is 1. The Hall–Kier alpha value is -0.760. The van der Waals surface area contributed by atoms with E-state index in [1.807, 2.05) is 20.1 Å². The average molecular weight is 332 g/mol. The predicted molar refractivity (Wildman–Crippen MR) is 88.3 cm³/mol. The summed E-state index contributed by atoms with van der Waals surface area (Å²) < 4.78 is 32.8. The van der Waals surface area contributed by atoms with Crippen LogP contribution in [0.25, 0.3) is 0 Å². The average Bonchev–Trinajstić information content (AvgIpc) is 2.44. The number of ether oxygens (including phenoxy) is 1. The summed E-state index contributed by atoms with van der Waals surface area (Å²) in [7, 11) is -3.53. The highest BCUT2D eigenvalue weighted by Gasteiger charge is 2.18. The topological polar surface area (TPSA) is 81.4 Å². The Morgan fingerprint density at radius 1 is 1.43 bits per heavy atom. The summed E-state index contributed by atoms with van der Waals surface area (Å²) in [4.78, 5) is 0.222. The molecule has 1 unspecified atom stereocenters. The molecular formula is C14H24N2O3S2. The van der Waals surface area contributed by atoms with Crippen LogP contribution < -0.4 is 15.2 Å². The maximum Gasteiger partial charge on any atom is 0.240 e. The number of nitrogens with two attached hydrogens (primary N) is 1. The van der Waals surface area contributed by atoms with Crippen LogP contribution in [0.3, 0.4) is 0 Å². The predicted octanol–water partition coefficient (Wildman–Crippen LogP) is 1.96. The Morgan fingerprint density at radius 3 is 2.71 bits per heavy atom. The molecule has 0 heterocycles. The van der Waals surface area contributed by atoms with Gasteiger partial charge in [0, 0.05) is 23.9 Å². The van der Waals surface area contributed by atoms with Crippen LogP contribution in [0, 0.1) is 0 Å². The number of thioether (sulfide) groups is 1. The van der Waals surface area contributed by atoms with Crippen molar-refractivity contribution in [2.45, 2.75) is 37.8 Å². The van der Waals surface area contributed by atoms with Crippen LogP contribution in [0.2, 0.25) is 0 Å². The molecule has 0 saturated heterocycles. The van der Waals surface area contributed by atoms with E-state index in [1.165, 1.54) is 0 Å². The molecule has 7 heteroatoms. The highest BCUT2D eigenvalue weighted by Crippen LogP contribution is 2.23. The molecule has 0 saturated carbocycles. The molecule has 0 spiro atoms. The molecule has 3 N–H and O–H groups in total. The van der Waals surface area contributed by atoms with Gasteiger partial charge in [0.2, 0.25) is 10.0 Å². The van der Waals surface area contributed by atoms with E-state index in [-0.39, 0.29) is 17.5 Å². The van der Waals surface area contributed by atoms with E-state index < -0.39 is 10.0 Å². The molecule has 5 nitrogen and oxygen atoms in total. The highest BCUT2D eigenvalue weighted by molar-refractivity contribution is 7.98. The molecule has 0 aliphatic carbocycles. The Bertz CT molecular complexity index is 547. The van der Waals surface area contributed by atoms with Gasteiger partial charge in [0.25, 0.3) is 0 Å². The van der Waals surface area contributed by atoms with E-state index >= 15 is 0 Å². The Balaban J connectivity index is 2.97. The van der Waals surface area contributed by atoms with Crippen molar-refractivity contribution in [2.24, 2.45) is 5.73 Å². The van der Waals surface area contributed by atoms with Crippen LogP contribution in [-0.4, -0.2) is 33.1 Å². The first-order valence-electron chi connectivity index (χ1n) is 6.91. The van der Waals surface area contributed by atoms with E-state index in [0.717, 1.165) is 12.2 Å². The monoisotopic (exact) mass is 332 g/mol. The van der Waals surface area contributed by atoms with E-state index in [9.17, 15) is 8.42 Å². The molecule has 0 aliphatic heterocycles. The quantitative estimate of drug-likeness (QED) is 0.722. The van der Waals surface area contributed by atoms with Gasteiger partial charge in [0.1, 0.15) is 5.75 Å². The molecule has 0 radical (unpaired) electrons. The summed E-state index contributed by atoms with van der Waals surface area (Å²) in [6, 6.07) is 4.69. The van der Waals surface area contributed by atoms with Gasteiger partial charge in [-0.1, -0.05) is 6.92 Å². The fourth-order valence-corrected chi connectivity index (χ4v) is 3.83. The van der Waals surface area contributed by atoms with Crippen LogP contribution in [0.15, 0.2) is 23.1 Å². The van der Waals surface area contributed by atoms with Crippen LogP contribution in [0.5, 0.6) is 5.75 Å². The third-order valence-electron chi connectivity index (χ3n) is 2.80. The lowest BCUT2D eigenvalue weighted by atomic mass is 10.2. The normalized spacial score (nSPS) is 13.1. The minimum Gasteiger partial charge on any atom is -0.493 e. The molecule has 1 aromatic carbocycles. The minimum absolute atomic E-state index is 0.123. The molecule has 0 aromatic heterocycles. The van der Waals surface area contributed by atoms with Crippen molar-refractivity contribution < 1.29 is 13.2 Å². The van der Waals surface area contributed by atoms with Crippen LogP contribution in [0.1, 0.15) is 25.8 Å². The van der Waals surface area contributed by atoms with Crippen molar-refractivity contribution in [3.8, 4) is 5.75 Å². The minimum atomic E-state index is -3.53. The zero-order chi connectivity index (χ0) is 15.9. The summed E-state index contributed by atoms with van der Waals surface area (Å²) in [5.74, 6) is 1.37. The van der Waals surface area contributed by atoms with Crippen molar-refractivity contribution in [3.63, 3.8) is 0 Å². The molecule has 1 atom stereocenters. The van der Waals surface area contributed by atoms with Gasteiger partial charge >= 0.3 is 0 Å². The van der Waals surface area contributed by atoms with Crippen molar-refractivity contribution in [2.75, 3.05) is 18.6 Å². The van der Waals surface area contributed by atoms with Gasteiger partial charge in [-0.3, -0.25) is 0 Å². The van der Waals surface area contributed by atoms with Crippen molar-refractivity contribution in [1.82, 2.24) is 4.72 Å². The SMILES string of the molecule is CCCOc1ccc(S(=O)(=O)NC(C)CSC)cc1CN. The largest absolute Gasteiger partial charge is 0.493 e. The van der Waals surface area contributed by atoms with Gasteiger partial charge in [0.05, 0.1) is 11.5 Å². The highest BCUT2D eigenvalue weighted by atomic mass is 32.2. The van der Waals surface area contributed by atoms with E-state index in [2.05, 4.69) is 4.72 Å². The molecule has 0 aliphatic rings. The van der Waals surface area contributed by atoms with Gasteiger partial charge in [-0.05, 0) is 37.8 Å². The van der Waals surface area contributed by atoms with Gasteiger partial charge in [0.15, 0.2) is 0 Å². The fourth-order valence-electron chi connectivity index (χ4n) is 1.85. The van der Waals surface area contributed by atoms with Gasteiger partial charge < -0.3 is 10.5 Å². The third-order valence-corrected chi connectivity index (χ3v) is 5.22. The lowest BCUT2D eigenvalue weighted by molar-refractivity contribution is 0.314. The van der Waals surface area contributed by atoms with Crippen LogP contribution in [0.4, 0.5) is 0 Å². The molecule has 120 valence electrons. The summed E-state index contributed by atoms with van der Waals surface area (Å²) in [5.41, 5.74) is 6.38. The summed E-state index contributed by atoms with van der Waals surface area (Å²) in [6.45, 7) is 4.68. The zero-order valence-electron chi connectivity index (χ0n) is 12.8. The van der Waals surface area contributed by atoms with Crippen LogP contribution in [-0.2, 0) is 16.6 Å². The van der Waals surface area contributed by atoms with E-state index in [1.54, 1.807) is 30.0 Å². The number of sulfonamides is 1. The fraction of sp³-hybridized carbons (Fsp3) is 0.571. The lowest BCUT2D eigenvalue weighted by Crippen LogP contribution is -2.34. The van der Waals surface area contributed by atoms with Gasteiger partial charge in [-0.25, -0.2) is 13.1 Å². The van der Waals surface area contributed by atoms with E-state index in [0.29, 0.717) is 17.9 Å². The number of rotatable bonds is 9. The maximum atomic E-state index is 12.3. The smallest absolute Gasteiger partial charge is 0.240 e. The number of hydrogen-bond donors (Lipinski definition) is 2. The van der Waals surface area contributed by atoms with Crippen molar-refractivity contribution in [1.29, 1.82) is 0 Å². The van der Waals surface area contributed by atoms with Crippen LogP contribution >= 0.6 is 11.8 Å². The van der Waals surface area contributed by atoms with E-state index in [4.69, 9.17) is 10.5 Å². The second-order valence-electron chi connectivity index (χ2n) is 4.80. The van der Waals surface area contributed by atoms with Crippen molar-refractivity contribution in [3.05, 3.63) is 23.8 Å². The summed E-state index contributed by atoms with van der Waals surface area (Å²) in [5, 5.41) is 0. The standard InChI is InChI=1S/C14H24N2O3S2/c1-4-7-19-14-6-5-13(8-12(14)9-15)21(17,18)16-11(2)10-20-3/h5-6,8,11,16H,4,7,9-10,15H2,1-3H3. The van der Waals surface area contributed by atoms with Gasteiger partial charge in [-0.2, -0.15) is 11.8 Å². The molecule has 0 amide bonds. The van der Waals surface area contributed by atoms with Crippen molar-refractivity contribution >= 4 is 21.8 Å². The second-order valence-corrected chi connectivity index (χ2v) is 7.42. The molecule has 1 aromatic rings. The van der Waals surface area contributed by atoms with Gasteiger partial charge in [-0.15, -0.1) is 0 Å². The second kappa shape index (κ2) is 8.63. The Kier molecular flexibility index (Phi) is 7.51. The molecule has 1 rings (SSSR count). The molecule has 21 heavy (non-hydrogen) atoms. The molecule has 0 bridgehead atoms. The first-order valence-corrected chi connectivity index (χ1v) is 9.79. The number of hydrogen-bond acceptors (Lipinski definition) is 5. The number of benzene rings is 1. The summed E-state index contributed by atoms with van der Waals surface area (Å²) in [6.07, 6.45) is 2.83. The summed E-state index contributed by atoms with van der Waals surface area (Å²) >= 11 is 1.60. The molecule has 0 fully saturated rings. The lowest BCUT2D eigenvalue weighted by Gasteiger charge is -2.15. The zero-order valence-corrected chi connectivity index (χ0v) is 14.4. The Labute approximate surface area is 131 Å². The maximum absolute atomic E-state index is 12.3. The first-order chi connectivity index (χ1) is 9.94.